The first-order valence-electron chi connectivity index (χ1n) is 9.80. The van der Waals surface area contributed by atoms with Crippen LogP contribution in [0.25, 0.3) is 0 Å². The Hall–Kier alpha value is -2.37. The van der Waals surface area contributed by atoms with E-state index >= 15 is 0 Å². The molecule has 0 bridgehead atoms. The first kappa shape index (κ1) is 21.9. The molecule has 0 heterocycles. The van der Waals surface area contributed by atoms with Crippen LogP contribution in [0.1, 0.15) is 41.4 Å². The Labute approximate surface area is 168 Å². The lowest BCUT2D eigenvalue weighted by molar-refractivity contribution is 0.0986. The molecule has 2 rings (SSSR count). The number of aryl methyl sites for hydroxylation is 1. The van der Waals surface area contributed by atoms with Gasteiger partial charge < -0.3 is 14.8 Å². The van der Waals surface area contributed by atoms with E-state index < -0.39 is 0 Å². The summed E-state index contributed by atoms with van der Waals surface area (Å²) < 4.78 is 10.5. The van der Waals surface area contributed by atoms with Crippen LogP contribution in [0.15, 0.2) is 42.5 Å². The van der Waals surface area contributed by atoms with E-state index in [4.69, 9.17) is 9.47 Å². The Morgan fingerprint density at radius 2 is 1.64 bits per heavy atom. The Morgan fingerprint density at radius 1 is 1.00 bits per heavy atom. The number of likely N-dealkylation sites (N-methyl/N-ethyl adjacent to an activating group) is 1. The van der Waals surface area contributed by atoms with Crippen LogP contribution in [0, 0.1) is 6.92 Å². The van der Waals surface area contributed by atoms with Crippen molar-refractivity contribution in [3.8, 4) is 11.5 Å². The largest absolute Gasteiger partial charge is 0.493 e. The molecule has 2 aromatic carbocycles. The Kier molecular flexibility index (Phi) is 8.48. The van der Waals surface area contributed by atoms with Gasteiger partial charge in [-0.15, -0.1) is 0 Å². The minimum absolute atomic E-state index is 0.0307. The number of carbonyl (C=O) groups is 1. The standard InChI is InChI=1S/C23H32N2O3/c1-6-25(7-2)20(18-10-8-17(3)9-11-18)15-24-16-21(26)19-12-13-22(27-4)23(14-19)28-5/h8-14,20,24H,6-7,15-16H2,1-5H3. The molecular weight excluding hydrogens is 352 g/mol. The van der Waals surface area contributed by atoms with Gasteiger partial charge in [-0.25, -0.2) is 0 Å². The van der Waals surface area contributed by atoms with E-state index in [1.165, 1.54) is 11.1 Å². The number of nitrogens with zero attached hydrogens (tertiary/aromatic N) is 1. The van der Waals surface area contributed by atoms with Crippen molar-refractivity contribution in [2.75, 3.05) is 40.4 Å². The average molecular weight is 385 g/mol. The Morgan fingerprint density at radius 3 is 2.21 bits per heavy atom. The number of ether oxygens (including phenoxy) is 2. The first-order chi connectivity index (χ1) is 13.5. The third kappa shape index (κ3) is 5.57. The van der Waals surface area contributed by atoms with Gasteiger partial charge in [-0.1, -0.05) is 43.7 Å². The number of nitrogens with one attached hydrogen (secondary N) is 1. The zero-order chi connectivity index (χ0) is 20.5. The zero-order valence-corrected chi connectivity index (χ0v) is 17.6. The van der Waals surface area contributed by atoms with E-state index in [1.54, 1.807) is 32.4 Å². The highest BCUT2D eigenvalue weighted by Crippen LogP contribution is 2.27. The van der Waals surface area contributed by atoms with Gasteiger partial charge in [0.1, 0.15) is 0 Å². The van der Waals surface area contributed by atoms with Gasteiger partial charge in [0.25, 0.3) is 0 Å². The molecule has 0 aliphatic heterocycles. The van der Waals surface area contributed by atoms with Crippen molar-refractivity contribution in [2.45, 2.75) is 26.8 Å². The molecule has 0 aliphatic carbocycles. The van der Waals surface area contributed by atoms with Crippen molar-refractivity contribution in [1.82, 2.24) is 10.2 Å². The smallest absolute Gasteiger partial charge is 0.176 e. The van der Waals surface area contributed by atoms with Crippen LogP contribution in [0.4, 0.5) is 0 Å². The second kappa shape index (κ2) is 10.8. The molecule has 0 saturated carbocycles. The predicted molar refractivity (Wildman–Crippen MR) is 114 cm³/mol. The fraction of sp³-hybridized carbons (Fsp3) is 0.435. The molecule has 5 nitrogen and oxygen atoms in total. The summed E-state index contributed by atoms with van der Waals surface area (Å²) in [7, 11) is 3.15. The zero-order valence-electron chi connectivity index (χ0n) is 17.6. The van der Waals surface area contributed by atoms with E-state index in [0.29, 0.717) is 23.6 Å². The summed E-state index contributed by atoms with van der Waals surface area (Å²) in [5.41, 5.74) is 3.12. The van der Waals surface area contributed by atoms with Gasteiger partial charge in [0.2, 0.25) is 0 Å². The van der Waals surface area contributed by atoms with Crippen molar-refractivity contribution in [1.29, 1.82) is 0 Å². The molecule has 0 aromatic heterocycles. The van der Waals surface area contributed by atoms with Gasteiger partial charge in [-0.05, 0) is 43.8 Å². The van der Waals surface area contributed by atoms with Gasteiger partial charge in [-0.3, -0.25) is 9.69 Å². The second-order valence-electron chi connectivity index (χ2n) is 6.77. The van der Waals surface area contributed by atoms with Gasteiger partial charge in [0.05, 0.1) is 20.8 Å². The third-order valence-electron chi connectivity index (χ3n) is 5.04. The summed E-state index contributed by atoms with van der Waals surface area (Å²) in [6.07, 6.45) is 0. The highest BCUT2D eigenvalue weighted by atomic mass is 16.5. The Balaban J connectivity index is 2.05. The van der Waals surface area contributed by atoms with Crippen molar-refractivity contribution >= 4 is 5.78 Å². The van der Waals surface area contributed by atoms with E-state index in [0.717, 1.165) is 13.1 Å². The van der Waals surface area contributed by atoms with Crippen LogP contribution in [0.2, 0.25) is 0 Å². The molecule has 1 N–H and O–H groups in total. The number of hydrogen-bond acceptors (Lipinski definition) is 5. The molecule has 28 heavy (non-hydrogen) atoms. The van der Waals surface area contributed by atoms with E-state index in [1.807, 2.05) is 0 Å². The predicted octanol–water partition coefficient (Wildman–Crippen LogP) is 3.87. The number of ketones is 1. The lowest BCUT2D eigenvalue weighted by atomic mass is 10.0. The molecular formula is C23H32N2O3. The van der Waals surface area contributed by atoms with E-state index in [-0.39, 0.29) is 18.4 Å². The van der Waals surface area contributed by atoms with Crippen molar-refractivity contribution in [3.63, 3.8) is 0 Å². The normalized spacial score (nSPS) is 12.1. The number of carbonyl (C=O) groups excluding carboxylic acids is 1. The van der Waals surface area contributed by atoms with Crippen LogP contribution in [-0.2, 0) is 0 Å². The number of hydrogen-bond donors (Lipinski definition) is 1. The molecule has 0 fully saturated rings. The summed E-state index contributed by atoms with van der Waals surface area (Å²) in [6, 6.07) is 14.1. The number of Topliss-reactive ketones (excluding diaryl/α,β-unsaturated/α-hetero) is 1. The third-order valence-corrected chi connectivity index (χ3v) is 5.04. The Bertz CT molecular complexity index is 755. The van der Waals surface area contributed by atoms with Gasteiger partial charge in [-0.2, -0.15) is 0 Å². The molecule has 1 unspecified atom stereocenters. The monoisotopic (exact) mass is 384 g/mol. The van der Waals surface area contributed by atoms with Crippen LogP contribution < -0.4 is 14.8 Å². The maximum Gasteiger partial charge on any atom is 0.176 e. The maximum atomic E-state index is 12.6. The summed E-state index contributed by atoms with van der Waals surface area (Å²) in [4.78, 5) is 15.0. The van der Waals surface area contributed by atoms with Crippen LogP contribution in [-0.4, -0.2) is 51.1 Å². The van der Waals surface area contributed by atoms with Gasteiger partial charge in [0, 0.05) is 18.2 Å². The highest BCUT2D eigenvalue weighted by molar-refractivity contribution is 5.98. The molecule has 2 aromatic rings. The summed E-state index contributed by atoms with van der Waals surface area (Å²) in [5.74, 6) is 1.21. The lowest BCUT2D eigenvalue weighted by Gasteiger charge is -2.30. The second-order valence-corrected chi connectivity index (χ2v) is 6.77. The number of rotatable bonds is 11. The SMILES string of the molecule is CCN(CC)C(CNCC(=O)c1ccc(OC)c(OC)c1)c1ccc(C)cc1. The summed E-state index contributed by atoms with van der Waals surface area (Å²) in [5, 5.41) is 3.35. The van der Waals surface area contributed by atoms with Crippen molar-refractivity contribution in [2.24, 2.45) is 0 Å². The molecule has 0 amide bonds. The molecule has 0 radical (unpaired) electrons. The molecule has 0 saturated heterocycles. The summed E-state index contributed by atoms with van der Waals surface area (Å²) >= 11 is 0. The molecule has 0 aliphatic rings. The molecule has 152 valence electrons. The fourth-order valence-electron chi connectivity index (χ4n) is 3.34. The minimum Gasteiger partial charge on any atom is -0.493 e. The van der Waals surface area contributed by atoms with Crippen LogP contribution in [0.3, 0.4) is 0 Å². The molecule has 0 spiro atoms. The lowest BCUT2D eigenvalue weighted by Crippen LogP contribution is -2.37. The maximum absolute atomic E-state index is 12.6. The van der Waals surface area contributed by atoms with Gasteiger partial charge >= 0.3 is 0 Å². The number of benzene rings is 2. The first-order valence-corrected chi connectivity index (χ1v) is 9.80. The van der Waals surface area contributed by atoms with E-state index in [2.05, 4.69) is 55.3 Å². The van der Waals surface area contributed by atoms with Crippen LogP contribution >= 0.6 is 0 Å². The quantitative estimate of drug-likeness (QED) is 0.596. The van der Waals surface area contributed by atoms with Crippen LogP contribution in [0.5, 0.6) is 11.5 Å². The highest BCUT2D eigenvalue weighted by Gasteiger charge is 2.18. The van der Waals surface area contributed by atoms with Gasteiger partial charge in [0.15, 0.2) is 17.3 Å². The topological polar surface area (TPSA) is 50.8 Å². The summed E-state index contributed by atoms with van der Waals surface area (Å²) in [6.45, 7) is 9.33. The molecule has 1 atom stereocenters. The number of methoxy groups -OCH3 is 2. The van der Waals surface area contributed by atoms with Crippen molar-refractivity contribution < 1.29 is 14.3 Å². The average Bonchev–Trinajstić information content (AvgIpc) is 2.73. The molecule has 5 heteroatoms. The van der Waals surface area contributed by atoms with E-state index in [9.17, 15) is 4.79 Å². The minimum atomic E-state index is 0.0307. The van der Waals surface area contributed by atoms with Crippen molar-refractivity contribution in [3.05, 3.63) is 59.2 Å². The fourth-order valence-corrected chi connectivity index (χ4v) is 3.34.